The number of hydrogen-bond acceptors (Lipinski definition) is 2. The Morgan fingerprint density at radius 3 is 2.78 bits per heavy atom. The Morgan fingerprint density at radius 2 is 2.22 bits per heavy atom. The molecular formula is C16H30N2. The van der Waals surface area contributed by atoms with Crippen molar-refractivity contribution in [3.63, 3.8) is 0 Å². The molecule has 1 fully saturated rings. The fourth-order valence-corrected chi connectivity index (χ4v) is 3.16. The second kappa shape index (κ2) is 6.21. The van der Waals surface area contributed by atoms with Crippen LogP contribution in [0, 0.1) is 11.3 Å². The van der Waals surface area contributed by atoms with Crippen molar-refractivity contribution in [1.29, 1.82) is 0 Å². The van der Waals surface area contributed by atoms with Crippen molar-refractivity contribution in [2.45, 2.75) is 46.5 Å². The summed E-state index contributed by atoms with van der Waals surface area (Å²) in [5.41, 5.74) is 2.03. The van der Waals surface area contributed by atoms with Gasteiger partial charge in [0.15, 0.2) is 0 Å². The lowest BCUT2D eigenvalue weighted by molar-refractivity contribution is 0.267. The molecule has 0 aliphatic carbocycles. The van der Waals surface area contributed by atoms with E-state index in [4.69, 9.17) is 0 Å². The first kappa shape index (κ1) is 14.1. The smallest absolute Gasteiger partial charge is 0.0166 e. The third-order valence-electron chi connectivity index (χ3n) is 4.51. The standard InChI is InChI=1S/C16H30N2/c1-16(2,3)15-7-11-18(12-8-15)10-4-5-14-6-9-17-13-14/h7,14,17H,4-6,8-13H2,1-3H3. The second-order valence-electron chi connectivity index (χ2n) is 7.03. The lowest BCUT2D eigenvalue weighted by atomic mass is 9.83. The second-order valence-corrected chi connectivity index (χ2v) is 7.03. The van der Waals surface area contributed by atoms with Crippen LogP contribution in [0.5, 0.6) is 0 Å². The minimum Gasteiger partial charge on any atom is -0.316 e. The highest BCUT2D eigenvalue weighted by Gasteiger charge is 2.21. The molecule has 0 aromatic carbocycles. The van der Waals surface area contributed by atoms with Gasteiger partial charge in [0.1, 0.15) is 0 Å². The van der Waals surface area contributed by atoms with Gasteiger partial charge in [0.05, 0.1) is 0 Å². The fourth-order valence-electron chi connectivity index (χ4n) is 3.16. The SMILES string of the molecule is CC(C)(C)C1=CCN(CCCC2CCNC2)CC1. The van der Waals surface area contributed by atoms with Gasteiger partial charge < -0.3 is 5.32 Å². The van der Waals surface area contributed by atoms with Crippen molar-refractivity contribution in [2.75, 3.05) is 32.7 Å². The molecule has 1 N–H and O–H groups in total. The van der Waals surface area contributed by atoms with E-state index >= 15 is 0 Å². The summed E-state index contributed by atoms with van der Waals surface area (Å²) < 4.78 is 0. The highest BCUT2D eigenvalue weighted by atomic mass is 15.1. The molecule has 0 aromatic rings. The van der Waals surface area contributed by atoms with Crippen LogP contribution in [-0.4, -0.2) is 37.6 Å². The molecule has 2 heterocycles. The van der Waals surface area contributed by atoms with Crippen LogP contribution in [0.2, 0.25) is 0 Å². The molecule has 2 nitrogen and oxygen atoms in total. The molecule has 1 unspecified atom stereocenters. The van der Waals surface area contributed by atoms with Gasteiger partial charge in [0.25, 0.3) is 0 Å². The molecule has 0 saturated carbocycles. The lowest BCUT2D eigenvalue weighted by Crippen LogP contribution is -2.32. The summed E-state index contributed by atoms with van der Waals surface area (Å²) in [5.74, 6) is 0.954. The predicted octanol–water partition coefficient (Wildman–Crippen LogP) is 3.05. The molecule has 0 amide bonds. The molecule has 1 atom stereocenters. The molecule has 0 spiro atoms. The van der Waals surface area contributed by atoms with Crippen LogP contribution in [0.25, 0.3) is 0 Å². The third-order valence-corrected chi connectivity index (χ3v) is 4.51. The molecule has 2 aliphatic heterocycles. The van der Waals surface area contributed by atoms with E-state index in [2.05, 4.69) is 37.1 Å². The summed E-state index contributed by atoms with van der Waals surface area (Å²) >= 11 is 0. The summed E-state index contributed by atoms with van der Waals surface area (Å²) in [6, 6.07) is 0. The van der Waals surface area contributed by atoms with Gasteiger partial charge in [-0.3, -0.25) is 4.90 Å². The molecule has 0 radical (unpaired) electrons. The van der Waals surface area contributed by atoms with Crippen molar-refractivity contribution < 1.29 is 0 Å². The van der Waals surface area contributed by atoms with Crippen molar-refractivity contribution in [1.82, 2.24) is 10.2 Å². The van der Waals surface area contributed by atoms with E-state index in [1.807, 2.05) is 0 Å². The minimum absolute atomic E-state index is 0.377. The first-order valence-corrected chi connectivity index (χ1v) is 7.68. The third kappa shape index (κ3) is 4.10. The van der Waals surface area contributed by atoms with Crippen molar-refractivity contribution in [2.24, 2.45) is 11.3 Å². The molecule has 0 aromatic heterocycles. The Hall–Kier alpha value is -0.340. The zero-order chi connectivity index (χ0) is 13.0. The highest BCUT2D eigenvalue weighted by molar-refractivity contribution is 5.14. The van der Waals surface area contributed by atoms with Gasteiger partial charge in [-0.25, -0.2) is 0 Å². The van der Waals surface area contributed by atoms with Gasteiger partial charge in [-0.05, 0) is 56.7 Å². The molecule has 0 bridgehead atoms. The van der Waals surface area contributed by atoms with E-state index < -0.39 is 0 Å². The van der Waals surface area contributed by atoms with E-state index in [0.29, 0.717) is 5.41 Å². The highest BCUT2D eigenvalue weighted by Crippen LogP contribution is 2.30. The van der Waals surface area contributed by atoms with Gasteiger partial charge >= 0.3 is 0 Å². The Bertz CT molecular complexity index is 282. The number of nitrogens with one attached hydrogen (secondary N) is 1. The Morgan fingerprint density at radius 1 is 1.39 bits per heavy atom. The lowest BCUT2D eigenvalue weighted by Gasteiger charge is -2.32. The van der Waals surface area contributed by atoms with Crippen LogP contribution in [0.3, 0.4) is 0 Å². The van der Waals surface area contributed by atoms with E-state index in [-0.39, 0.29) is 0 Å². The largest absolute Gasteiger partial charge is 0.316 e. The Balaban J connectivity index is 1.65. The topological polar surface area (TPSA) is 15.3 Å². The number of hydrogen-bond donors (Lipinski definition) is 1. The van der Waals surface area contributed by atoms with Crippen LogP contribution in [0.15, 0.2) is 11.6 Å². The maximum absolute atomic E-state index is 3.46. The molecule has 1 saturated heterocycles. The summed E-state index contributed by atoms with van der Waals surface area (Å²) in [7, 11) is 0. The molecule has 2 heteroatoms. The van der Waals surface area contributed by atoms with E-state index in [1.165, 1.54) is 58.4 Å². The van der Waals surface area contributed by atoms with Crippen LogP contribution in [0.4, 0.5) is 0 Å². The molecular weight excluding hydrogens is 220 g/mol. The van der Waals surface area contributed by atoms with Crippen LogP contribution in [0.1, 0.15) is 46.5 Å². The summed E-state index contributed by atoms with van der Waals surface area (Å²) in [6.45, 7) is 13.2. The van der Waals surface area contributed by atoms with Crippen LogP contribution >= 0.6 is 0 Å². The Kier molecular flexibility index (Phi) is 4.85. The predicted molar refractivity (Wildman–Crippen MR) is 78.8 cm³/mol. The number of rotatable bonds is 4. The first-order chi connectivity index (χ1) is 8.55. The van der Waals surface area contributed by atoms with Crippen molar-refractivity contribution >= 4 is 0 Å². The van der Waals surface area contributed by atoms with Gasteiger partial charge in [-0.15, -0.1) is 0 Å². The monoisotopic (exact) mass is 250 g/mol. The van der Waals surface area contributed by atoms with E-state index in [0.717, 1.165) is 5.92 Å². The maximum atomic E-state index is 3.46. The molecule has 2 aliphatic rings. The summed E-state index contributed by atoms with van der Waals surface area (Å²) in [4.78, 5) is 2.62. The average molecular weight is 250 g/mol. The van der Waals surface area contributed by atoms with Gasteiger partial charge in [-0.1, -0.05) is 32.4 Å². The van der Waals surface area contributed by atoms with Crippen LogP contribution < -0.4 is 5.32 Å². The van der Waals surface area contributed by atoms with Gasteiger partial charge in [0.2, 0.25) is 0 Å². The fraction of sp³-hybridized carbons (Fsp3) is 0.875. The van der Waals surface area contributed by atoms with Crippen molar-refractivity contribution in [3.05, 3.63) is 11.6 Å². The van der Waals surface area contributed by atoms with Gasteiger partial charge in [-0.2, -0.15) is 0 Å². The Labute approximate surface area is 113 Å². The zero-order valence-corrected chi connectivity index (χ0v) is 12.5. The molecule has 18 heavy (non-hydrogen) atoms. The van der Waals surface area contributed by atoms with E-state index in [9.17, 15) is 0 Å². The molecule has 104 valence electrons. The van der Waals surface area contributed by atoms with Crippen LogP contribution in [-0.2, 0) is 0 Å². The van der Waals surface area contributed by atoms with E-state index in [1.54, 1.807) is 5.57 Å². The normalized spacial score (nSPS) is 26.4. The van der Waals surface area contributed by atoms with Crippen molar-refractivity contribution in [3.8, 4) is 0 Å². The number of nitrogens with zero attached hydrogens (tertiary/aromatic N) is 1. The summed E-state index contributed by atoms with van der Waals surface area (Å²) in [5, 5.41) is 3.46. The van der Waals surface area contributed by atoms with Gasteiger partial charge in [0, 0.05) is 13.1 Å². The molecule has 2 rings (SSSR count). The first-order valence-electron chi connectivity index (χ1n) is 7.68. The maximum Gasteiger partial charge on any atom is 0.0166 e. The summed E-state index contributed by atoms with van der Waals surface area (Å²) in [6.07, 6.45) is 7.94. The average Bonchev–Trinajstić information content (AvgIpc) is 2.82. The quantitative estimate of drug-likeness (QED) is 0.772. The zero-order valence-electron chi connectivity index (χ0n) is 12.5. The minimum atomic E-state index is 0.377.